The van der Waals surface area contributed by atoms with E-state index < -0.39 is 80.7 Å². The maximum absolute atomic E-state index is 13.7. The number of esters is 3. The predicted molar refractivity (Wildman–Crippen MR) is 89.8 cm³/mol. The summed E-state index contributed by atoms with van der Waals surface area (Å²) < 4.78 is 73.2. The monoisotopic (exact) mass is 440 g/mol. The Morgan fingerprint density at radius 3 is 2.34 bits per heavy atom. The first-order chi connectivity index (χ1) is 13.1. The highest BCUT2D eigenvalue weighted by Crippen LogP contribution is 2.59. The second-order valence-corrected chi connectivity index (χ2v) is 10.2. The molecule has 0 spiro atoms. The molecule has 0 aromatic heterocycles. The van der Waals surface area contributed by atoms with Crippen LogP contribution in [0.4, 0.5) is 8.78 Å². The van der Waals surface area contributed by atoms with Crippen molar-refractivity contribution in [3.05, 3.63) is 0 Å². The quantitative estimate of drug-likeness (QED) is 0.380. The van der Waals surface area contributed by atoms with Gasteiger partial charge in [-0.3, -0.25) is 18.9 Å². The van der Waals surface area contributed by atoms with E-state index in [2.05, 4.69) is 4.74 Å². The summed E-state index contributed by atoms with van der Waals surface area (Å²) in [5.41, 5.74) is -0.855. The van der Waals surface area contributed by atoms with E-state index in [1.165, 1.54) is 0 Å². The van der Waals surface area contributed by atoms with E-state index in [9.17, 15) is 31.6 Å². The Hall–Kier alpha value is -1.82. The van der Waals surface area contributed by atoms with Gasteiger partial charge in [-0.15, -0.1) is 0 Å². The molecule has 3 rings (SSSR count). The van der Waals surface area contributed by atoms with Crippen LogP contribution in [-0.2, 0) is 38.7 Å². The minimum Gasteiger partial charge on any atom is -0.458 e. The molecule has 1 heterocycles. The topological polar surface area (TPSA) is 133 Å². The standard InChI is InChI=1S/C17H22F2O9S/c1-6(17(18,19)29(23,24)25)26-13(20)9-8-5-7-10(9)14(21)27-11(7)12(8)28-15(22)16(2,3)4/h6-12H,5H2,1-4H3,(H,23,24,25). The van der Waals surface area contributed by atoms with E-state index in [1.807, 2.05) is 0 Å². The number of carbonyl (C=O) groups is 3. The van der Waals surface area contributed by atoms with Gasteiger partial charge in [-0.2, -0.15) is 17.2 Å². The average Bonchev–Trinajstić information content (AvgIpc) is 3.15. The lowest BCUT2D eigenvalue weighted by atomic mass is 9.78. The molecule has 2 bridgehead atoms. The number of hydrogen-bond donors (Lipinski definition) is 1. The van der Waals surface area contributed by atoms with Gasteiger partial charge >= 0.3 is 33.3 Å². The predicted octanol–water partition coefficient (Wildman–Crippen LogP) is 1.16. The third-order valence-electron chi connectivity index (χ3n) is 5.78. The lowest BCUT2D eigenvalue weighted by Crippen LogP contribution is -2.47. The minimum absolute atomic E-state index is 0.298. The fraction of sp³-hybridized carbons (Fsp3) is 0.824. The van der Waals surface area contributed by atoms with E-state index in [-0.39, 0.29) is 0 Å². The lowest BCUT2D eigenvalue weighted by molar-refractivity contribution is -0.177. The molecule has 0 amide bonds. The van der Waals surface area contributed by atoms with Crippen molar-refractivity contribution >= 4 is 28.0 Å². The van der Waals surface area contributed by atoms with Crippen LogP contribution in [-0.4, -0.2) is 54.4 Å². The second-order valence-electron chi connectivity index (χ2n) is 8.75. The molecule has 2 aliphatic carbocycles. The maximum atomic E-state index is 13.7. The van der Waals surface area contributed by atoms with Gasteiger partial charge in [0.2, 0.25) is 0 Å². The second kappa shape index (κ2) is 6.59. The molecule has 0 aromatic carbocycles. The van der Waals surface area contributed by atoms with Crippen LogP contribution in [0.5, 0.6) is 0 Å². The van der Waals surface area contributed by atoms with Crippen molar-refractivity contribution in [2.24, 2.45) is 29.1 Å². The van der Waals surface area contributed by atoms with Crippen LogP contribution < -0.4 is 0 Å². The Morgan fingerprint density at radius 1 is 1.24 bits per heavy atom. The third kappa shape index (κ3) is 3.39. The van der Waals surface area contributed by atoms with Gasteiger partial charge in [0.15, 0.2) is 6.10 Å². The third-order valence-corrected chi connectivity index (χ3v) is 6.80. The minimum atomic E-state index is -5.82. The van der Waals surface area contributed by atoms with Crippen molar-refractivity contribution < 1.29 is 50.3 Å². The first kappa shape index (κ1) is 21.9. The Morgan fingerprint density at radius 2 is 1.83 bits per heavy atom. The van der Waals surface area contributed by atoms with Gasteiger partial charge in [0.05, 0.1) is 17.3 Å². The number of carbonyl (C=O) groups excluding carboxylic acids is 3. The Kier molecular flexibility index (Phi) is 4.97. The van der Waals surface area contributed by atoms with Crippen LogP contribution in [0.25, 0.3) is 0 Å². The Bertz CT molecular complexity index is 847. The summed E-state index contributed by atoms with van der Waals surface area (Å²) >= 11 is 0. The van der Waals surface area contributed by atoms with E-state index in [0.717, 1.165) is 0 Å². The molecular weight excluding hydrogens is 418 g/mol. The maximum Gasteiger partial charge on any atom is 0.405 e. The van der Waals surface area contributed by atoms with Crippen molar-refractivity contribution in [2.75, 3.05) is 0 Å². The number of hydrogen-bond acceptors (Lipinski definition) is 8. The first-order valence-electron chi connectivity index (χ1n) is 9.04. The molecular formula is C17H22F2O9S. The van der Waals surface area contributed by atoms with Crippen molar-refractivity contribution in [1.29, 1.82) is 0 Å². The van der Waals surface area contributed by atoms with Gasteiger partial charge in [-0.05, 0) is 34.1 Å². The Balaban J connectivity index is 1.82. The molecule has 7 atom stereocenters. The van der Waals surface area contributed by atoms with Crippen LogP contribution in [0.2, 0.25) is 0 Å². The molecule has 1 saturated heterocycles. The molecule has 7 unspecified atom stereocenters. The number of halogens is 2. The smallest absolute Gasteiger partial charge is 0.405 e. The molecule has 1 N–H and O–H groups in total. The molecule has 2 saturated carbocycles. The lowest BCUT2D eigenvalue weighted by Gasteiger charge is -2.32. The summed E-state index contributed by atoms with van der Waals surface area (Å²) in [6, 6.07) is 0. The van der Waals surface area contributed by atoms with Gasteiger partial charge in [-0.1, -0.05) is 0 Å². The van der Waals surface area contributed by atoms with E-state index >= 15 is 0 Å². The number of ether oxygens (including phenoxy) is 3. The highest BCUT2D eigenvalue weighted by atomic mass is 32.2. The summed E-state index contributed by atoms with van der Waals surface area (Å²) in [7, 11) is -5.82. The number of alkyl halides is 2. The van der Waals surface area contributed by atoms with Gasteiger partial charge in [0.25, 0.3) is 0 Å². The van der Waals surface area contributed by atoms with Gasteiger partial charge in [-0.25, -0.2) is 0 Å². The fourth-order valence-electron chi connectivity index (χ4n) is 4.30. The summed E-state index contributed by atoms with van der Waals surface area (Å²) in [5, 5.41) is -4.73. The van der Waals surface area contributed by atoms with Crippen molar-refractivity contribution in [3.8, 4) is 0 Å². The van der Waals surface area contributed by atoms with Crippen molar-refractivity contribution in [3.63, 3.8) is 0 Å². The normalized spacial score (nSPS) is 34.7. The van der Waals surface area contributed by atoms with E-state index in [1.54, 1.807) is 20.8 Å². The van der Waals surface area contributed by atoms with Gasteiger partial charge in [0.1, 0.15) is 12.2 Å². The zero-order valence-corrected chi connectivity index (χ0v) is 16.9. The Labute approximate surface area is 165 Å². The summed E-state index contributed by atoms with van der Waals surface area (Å²) in [6.07, 6.45) is -3.84. The molecule has 0 radical (unpaired) electrons. The molecule has 12 heteroatoms. The van der Waals surface area contributed by atoms with Crippen LogP contribution in [0.15, 0.2) is 0 Å². The summed E-state index contributed by atoms with van der Waals surface area (Å²) in [5.74, 6) is -5.79. The molecule has 164 valence electrons. The number of fused-ring (bicyclic) bond motifs is 1. The SMILES string of the molecule is CC(OC(=O)C1C2CC3C(OC(=O)C31)C2OC(=O)C(C)(C)C)C(F)(F)S(=O)(=O)O. The van der Waals surface area contributed by atoms with Crippen LogP contribution in [0.1, 0.15) is 34.1 Å². The first-order valence-corrected chi connectivity index (χ1v) is 10.5. The molecule has 9 nitrogen and oxygen atoms in total. The highest BCUT2D eigenvalue weighted by molar-refractivity contribution is 7.86. The van der Waals surface area contributed by atoms with Crippen molar-refractivity contribution in [2.45, 2.75) is 57.7 Å². The number of rotatable bonds is 5. The van der Waals surface area contributed by atoms with Gasteiger partial charge in [0, 0.05) is 11.8 Å². The molecule has 29 heavy (non-hydrogen) atoms. The molecule has 1 aliphatic heterocycles. The van der Waals surface area contributed by atoms with Crippen LogP contribution in [0.3, 0.4) is 0 Å². The van der Waals surface area contributed by atoms with Gasteiger partial charge < -0.3 is 14.2 Å². The zero-order chi connectivity index (χ0) is 22.1. The van der Waals surface area contributed by atoms with E-state index in [4.69, 9.17) is 14.0 Å². The molecule has 0 aromatic rings. The van der Waals surface area contributed by atoms with Crippen LogP contribution >= 0.6 is 0 Å². The highest BCUT2D eigenvalue weighted by Gasteiger charge is 2.70. The average molecular weight is 440 g/mol. The zero-order valence-electron chi connectivity index (χ0n) is 16.1. The summed E-state index contributed by atoms with van der Waals surface area (Å²) in [6.45, 7) is 5.48. The van der Waals surface area contributed by atoms with E-state index in [0.29, 0.717) is 13.3 Å². The summed E-state index contributed by atoms with van der Waals surface area (Å²) in [4.78, 5) is 37.1. The molecule has 3 aliphatic rings. The fourth-order valence-corrected chi connectivity index (χ4v) is 4.77. The molecule has 3 fully saturated rings. The van der Waals surface area contributed by atoms with Crippen molar-refractivity contribution in [1.82, 2.24) is 0 Å². The largest absolute Gasteiger partial charge is 0.458 e. The van der Waals surface area contributed by atoms with Crippen LogP contribution in [0, 0.1) is 29.1 Å².